The van der Waals surface area contributed by atoms with Crippen LogP contribution in [0.4, 0.5) is 0 Å². The molecule has 3 heterocycles. The Morgan fingerprint density at radius 3 is 1.54 bits per heavy atom. The zero-order valence-electron chi connectivity index (χ0n) is 37.0. The largest absolute Gasteiger partial charge is 0.456 e. The highest BCUT2D eigenvalue weighted by Crippen LogP contribution is 2.63. The molecule has 0 fully saturated rings. The van der Waals surface area contributed by atoms with Crippen LogP contribution < -0.4 is 0 Å². The maximum Gasteiger partial charge on any atom is 0.164 e. The predicted molar refractivity (Wildman–Crippen MR) is 283 cm³/mol. The summed E-state index contributed by atoms with van der Waals surface area (Å²) in [4.78, 5) is 16.2. The van der Waals surface area contributed by atoms with Crippen molar-refractivity contribution in [2.24, 2.45) is 0 Å². The number of hydrogen-bond acceptors (Lipinski definition) is 5. The van der Waals surface area contributed by atoms with Crippen LogP contribution in [0.5, 0.6) is 0 Å². The second-order valence-electron chi connectivity index (χ2n) is 18.1. The minimum atomic E-state index is -0.386. The Morgan fingerprint density at radius 2 is 0.812 bits per heavy atom. The van der Waals surface area contributed by atoms with Gasteiger partial charge in [0.05, 0.1) is 5.41 Å². The van der Waals surface area contributed by atoms with Crippen molar-refractivity contribution in [3.8, 4) is 78.7 Å². The summed E-state index contributed by atoms with van der Waals surface area (Å²) in [7, 11) is 0. The minimum Gasteiger partial charge on any atom is -0.456 e. The van der Waals surface area contributed by atoms with Gasteiger partial charge in [-0.15, -0.1) is 11.3 Å². The van der Waals surface area contributed by atoms with Crippen LogP contribution in [0.15, 0.2) is 229 Å². The summed E-state index contributed by atoms with van der Waals surface area (Å²) in [5.74, 6) is 1.83. The van der Waals surface area contributed by atoms with Crippen molar-refractivity contribution in [2.75, 3.05) is 0 Å². The first-order chi connectivity index (χ1) is 34.2. The number of fused-ring (bicyclic) bond motifs is 16. The summed E-state index contributed by atoms with van der Waals surface area (Å²) in [5, 5.41) is 4.32. The van der Waals surface area contributed by atoms with E-state index < -0.39 is 0 Å². The first kappa shape index (κ1) is 38.3. The summed E-state index contributed by atoms with van der Waals surface area (Å²) in [6.07, 6.45) is 0. The van der Waals surface area contributed by atoms with E-state index in [4.69, 9.17) is 19.4 Å². The van der Waals surface area contributed by atoms with Crippen LogP contribution in [0.25, 0.3) is 121 Å². The molecule has 3 aromatic heterocycles. The molecule has 0 radical (unpaired) electrons. The van der Waals surface area contributed by atoms with E-state index in [2.05, 4.69) is 206 Å². The van der Waals surface area contributed by atoms with Crippen molar-refractivity contribution < 1.29 is 4.42 Å². The normalized spacial score (nSPS) is 13.0. The van der Waals surface area contributed by atoms with E-state index in [1.54, 1.807) is 11.3 Å². The summed E-state index contributed by atoms with van der Waals surface area (Å²) < 4.78 is 9.12. The van der Waals surface area contributed by atoms with Crippen LogP contribution in [0.3, 0.4) is 0 Å². The highest BCUT2D eigenvalue weighted by molar-refractivity contribution is 7.25. The number of benzene rings is 10. The van der Waals surface area contributed by atoms with Crippen LogP contribution in [0.1, 0.15) is 22.3 Å². The molecule has 4 nitrogen and oxygen atoms in total. The molecule has 0 atom stereocenters. The predicted octanol–water partition coefficient (Wildman–Crippen LogP) is 16.8. The number of thiophene rings is 1. The smallest absolute Gasteiger partial charge is 0.164 e. The van der Waals surface area contributed by atoms with Gasteiger partial charge in [-0.2, -0.15) is 0 Å². The average molecular weight is 896 g/mol. The Hall–Kier alpha value is -8.77. The molecule has 0 unspecified atom stereocenters. The molecule has 10 aromatic carbocycles. The molecule has 0 N–H and O–H groups in total. The summed E-state index contributed by atoms with van der Waals surface area (Å²) in [5.41, 5.74) is 18.9. The number of aromatic nitrogens is 3. The van der Waals surface area contributed by atoms with E-state index in [9.17, 15) is 0 Å². The van der Waals surface area contributed by atoms with Gasteiger partial charge < -0.3 is 4.42 Å². The lowest BCUT2D eigenvalue weighted by molar-refractivity contribution is 0.669. The minimum absolute atomic E-state index is 0.386. The van der Waals surface area contributed by atoms with Crippen molar-refractivity contribution in [2.45, 2.75) is 5.41 Å². The Kier molecular flexibility index (Phi) is 8.12. The quantitative estimate of drug-likeness (QED) is 0.173. The number of hydrogen-bond donors (Lipinski definition) is 0. The highest BCUT2D eigenvalue weighted by atomic mass is 32.1. The Balaban J connectivity index is 0.932. The van der Waals surface area contributed by atoms with E-state index in [0.717, 1.165) is 66.3 Å². The molecular formula is C64H37N3OS. The van der Waals surface area contributed by atoms with Crippen molar-refractivity contribution in [1.29, 1.82) is 0 Å². The van der Waals surface area contributed by atoms with E-state index in [1.807, 2.05) is 18.2 Å². The van der Waals surface area contributed by atoms with Gasteiger partial charge in [-0.3, -0.25) is 0 Å². The fourth-order valence-corrected chi connectivity index (χ4v) is 12.8. The van der Waals surface area contributed by atoms with Gasteiger partial charge in [-0.05, 0) is 103 Å². The van der Waals surface area contributed by atoms with E-state index in [0.29, 0.717) is 17.5 Å². The first-order valence-corrected chi connectivity index (χ1v) is 24.2. The van der Waals surface area contributed by atoms with Crippen molar-refractivity contribution in [3.05, 3.63) is 247 Å². The van der Waals surface area contributed by atoms with Crippen molar-refractivity contribution in [3.63, 3.8) is 0 Å². The number of furan rings is 1. The lowest BCUT2D eigenvalue weighted by atomic mass is 9.70. The molecule has 0 saturated carbocycles. The Bertz CT molecular complexity index is 4230. The maximum absolute atomic E-state index is 6.69. The Labute approximate surface area is 401 Å². The molecule has 2 aliphatic carbocycles. The van der Waals surface area contributed by atoms with Crippen LogP contribution in [-0.2, 0) is 5.41 Å². The second kappa shape index (κ2) is 14.6. The van der Waals surface area contributed by atoms with E-state index >= 15 is 0 Å². The van der Waals surface area contributed by atoms with Crippen molar-refractivity contribution in [1.82, 2.24) is 15.0 Å². The fraction of sp³-hybridized carbons (Fsp3) is 0.0156. The molecule has 1 spiro atoms. The number of nitrogens with zero attached hydrogens (tertiary/aromatic N) is 3. The molecule has 13 aromatic rings. The summed E-state index contributed by atoms with van der Waals surface area (Å²) in [6.45, 7) is 0. The molecule has 15 rings (SSSR count). The lowest BCUT2D eigenvalue weighted by Gasteiger charge is -2.30. The molecular weight excluding hydrogens is 859 g/mol. The van der Waals surface area contributed by atoms with Gasteiger partial charge in [0, 0.05) is 47.6 Å². The topological polar surface area (TPSA) is 51.8 Å². The van der Waals surface area contributed by atoms with Gasteiger partial charge in [0.15, 0.2) is 17.5 Å². The van der Waals surface area contributed by atoms with Gasteiger partial charge >= 0.3 is 0 Å². The third-order valence-electron chi connectivity index (χ3n) is 14.6. The van der Waals surface area contributed by atoms with Crippen LogP contribution in [-0.4, -0.2) is 15.0 Å². The third-order valence-corrected chi connectivity index (χ3v) is 15.7. The highest BCUT2D eigenvalue weighted by Gasteiger charge is 2.51. The van der Waals surface area contributed by atoms with Crippen LogP contribution in [0, 0.1) is 0 Å². The Morgan fingerprint density at radius 1 is 0.304 bits per heavy atom. The second-order valence-corrected chi connectivity index (χ2v) is 19.2. The van der Waals surface area contributed by atoms with Gasteiger partial charge in [-0.25, -0.2) is 15.0 Å². The molecule has 320 valence electrons. The zero-order chi connectivity index (χ0) is 45.2. The monoisotopic (exact) mass is 895 g/mol. The van der Waals surface area contributed by atoms with Gasteiger partial charge in [0.25, 0.3) is 0 Å². The van der Waals surface area contributed by atoms with Crippen LogP contribution >= 0.6 is 11.3 Å². The zero-order valence-corrected chi connectivity index (χ0v) is 37.8. The maximum atomic E-state index is 6.69. The standard InChI is InChI=1S/C64H37N3OS/c1-2-16-38(17-3-1)41-18-4-5-22-45(41)61-65-62(67-63(66-61)48-25-15-31-58-60(48)46-23-9-13-30-57(46)69-58)47-24-14-29-56-59(47)50-37-40(33-35-55(50)68-56)39-32-34-54-49(36-39)44-21-8-12-28-53(44)64(54)51-26-10-6-19-42(51)43-20-7-11-27-52(43)64/h1-37H. The summed E-state index contributed by atoms with van der Waals surface area (Å²) >= 11 is 1.79. The molecule has 0 aliphatic heterocycles. The average Bonchev–Trinajstić information content (AvgIpc) is 4.16. The van der Waals surface area contributed by atoms with E-state index in [-0.39, 0.29) is 5.41 Å². The molecule has 0 saturated heterocycles. The molecule has 69 heavy (non-hydrogen) atoms. The SMILES string of the molecule is c1ccc(-c2ccccc2-c2nc(-c3cccc4oc5ccc(-c6ccc7c(c6)-c6ccccc6C76c7ccccc7-c7ccccc76)cc5c34)nc(-c3cccc4sc5ccccc5c34)n2)cc1. The van der Waals surface area contributed by atoms with E-state index in [1.165, 1.54) is 59.3 Å². The van der Waals surface area contributed by atoms with Gasteiger partial charge in [0.1, 0.15) is 11.2 Å². The summed E-state index contributed by atoms with van der Waals surface area (Å²) in [6, 6.07) is 80.8. The molecule has 2 aliphatic rings. The van der Waals surface area contributed by atoms with Crippen molar-refractivity contribution >= 4 is 53.4 Å². The first-order valence-electron chi connectivity index (χ1n) is 23.4. The van der Waals surface area contributed by atoms with Gasteiger partial charge in [0.2, 0.25) is 0 Å². The number of rotatable bonds is 5. The van der Waals surface area contributed by atoms with Gasteiger partial charge in [-0.1, -0.05) is 188 Å². The third kappa shape index (κ3) is 5.48. The lowest BCUT2D eigenvalue weighted by Crippen LogP contribution is -2.25. The molecule has 0 bridgehead atoms. The van der Waals surface area contributed by atoms with Crippen LogP contribution in [0.2, 0.25) is 0 Å². The molecule has 0 amide bonds. The fourth-order valence-electron chi connectivity index (χ4n) is 11.7. The molecule has 5 heteroatoms.